The van der Waals surface area contributed by atoms with Crippen LogP contribution in [0.25, 0.3) is 34.1 Å². The molecule has 3 aromatic heterocycles. The molecule has 41 heavy (non-hydrogen) atoms. The number of ether oxygens (including phenoxy) is 1. The summed E-state index contributed by atoms with van der Waals surface area (Å²) in [5, 5.41) is 8.03. The number of rotatable bonds is 6. The van der Waals surface area contributed by atoms with Gasteiger partial charge in [-0.2, -0.15) is 5.10 Å². The number of nitrogens with one attached hydrogen (secondary N) is 1. The monoisotopic (exact) mass is 549 g/mol. The lowest BCUT2D eigenvalue weighted by molar-refractivity contribution is -0.127. The first-order valence-electron chi connectivity index (χ1n) is 13.7. The fraction of sp³-hybridized carbons (Fsp3) is 0.226. The molecule has 5 aromatic rings. The molecule has 9 nitrogen and oxygen atoms in total. The predicted molar refractivity (Wildman–Crippen MR) is 153 cm³/mol. The Morgan fingerprint density at radius 2 is 1.93 bits per heavy atom. The van der Waals surface area contributed by atoms with E-state index in [0.29, 0.717) is 54.1 Å². The van der Waals surface area contributed by atoms with Gasteiger partial charge < -0.3 is 15.0 Å². The van der Waals surface area contributed by atoms with Crippen molar-refractivity contribution >= 4 is 17.1 Å². The highest BCUT2D eigenvalue weighted by atomic mass is 19.1. The van der Waals surface area contributed by atoms with E-state index in [1.54, 1.807) is 29.1 Å². The maximum absolute atomic E-state index is 15.0. The van der Waals surface area contributed by atoms with Gasteiger partial charge in [0.05, 0.1) is 17.3 Å². The largest absolute Gasteiger partial charge is 0.491 e. The Labute approximate surface area is 235 Å². The van der Waals surface area contributed by atoms with Gasteiger partial charge in [0, 0.05) is 43.2 Å². The summed E-state index contributed by atoms with van der Waals surface area (Å²) in [6.07, 6.45) is 6.65. The highest BCUT2D eigenvalue weighted by molar-refractivity contribution is 5.87. The maximum atomic E-state index is 15.0. The van der Waals surface area contributed by atoms with E-state index < -0.39 is 0 Å². The van der Waals surface area contributed by atoms with Crippen molar-refractivity contribution in [2.24, 2.45) is 0 Å². The Morgan fingerprint density at radius 1 is 1.07 bits per heavy atom. The first-order chi connectivity index (χ1) is 20.1. The molecule has 0 aliphatic carbocycles. The van der Waals surface area contributed by atoms with Gasteiger partial charge in [-0.15, -0.1) is 0 Å². The van der Waals surface area contributed by atoms with Gasteiger partial charge in [0.1, 0.15) is 29.5 Å². The first-order valence-corrected chi connectivity index (χ1v) is 13.7. The van der Waals surface area contributed by atoms with Crippen LogP contribution in [-0.4, -0.2) is 60.9 Å². The van der Waals surface area contributed by atoms with E-state index in [4.69, 9.17) is 14.7 Å². The Hall–Kier alpha value is -4.83. The molecular weight excluding hydrogens is 521 g/mol. The van der Waals surface area contributed by atoms with Crippen molar-refractivity contribution in [3.63, 3.8) is 0 Å². The minimum absolute atomic E-state index is 0.0152. The molecule has 2 aromatic carbocycles. The number of likely N-dealkylation sites (tertiary alicyclic amines) is 1. The quantitative estimate of drug-likeness (QED) is 0.311. The number of benzene rings is 2. The van der Waals surface area contributed by atoms with Crippen LogP contribution in [0.1, 0.15) is 24.4 Å². The summed E-state index contributed by atoms with van der Waals surface area (Å²) in [6, 6.07) is 18.5. The molecule has 0 radical (unpaired) electrons. The molecule has 1 atom stereocenters. The van der Waals surface area contributed by atoms with Gasteiger partial charge in [-0.1, -0.05) is 24.8 Å². The van der Waals surface area contributed by atoms with Crippen molar-refractivity contribution in [3.8, 4) is 28.6 Å². The van der Waals surface area contributed by atoms with Crippen molar-refractivity contribution in [2.75, 3.05) is 19.7 Å². The van der Waals surface area contributed by atoms with Crippen molar-refractivity contribution < 1.29 is 13.9 Å². The van der Waals surface area contributed by atoms with Crippen LogP contribution in [0.4, 0.5) is 4.39 Å². The summed E-state index contributed by atoms with van der Waals surface area (Å²) >= 11 is 0. The van der Waals surface area contributed by atoms with Crippen LogP contribution >= 0.6 is 0 Å². The Balaban J connectivity index is 1.24. The molecule has 2 aliphatic heterocycles. The van der Waals surface area contributed by atoms with E-state index in [-0.39, 0.29) is 17.8 Å². The Bertz CT molecular complexity index is 1760. The number of carbonyl (C=O) groups is 1. The summed E-state index contributed by atoms with van der Waals surface area (Å²) in [7, 11) is 0. The Kier molecular flexibility index (Phi) is 6.31. The molecule has 1 amide bonds. The van der Waals surface area contributed by atoms with Crippen LogP contribution in [0.5, 0.6) is 5.75 Å². The number of amides is 1. The molecule has 2 aliphatic rings. The second kappa shape index (κ2) is 10.3. The van der Waals surface area contributed by atoms with Gasteiger partial charge in [0.15, 0.2) is 11.5 Å². The molecule has 1 saturated heterocycles. The zero-order chi connectivity index (χ0) is 27.9. The molecule has 10 heteroatoms. The van der Waals surface area contributed by atoms with E-state index in [1.165, 1.54) is 12.1 Å². The summed E-state index contributed by atoms with van der Waals surface area (Å²) in [6.45, 7) is 5.52. The number of aromatic nitrogens is 5. The highest BCUT2D eigenvalue weighted by Crippen LogP contribution is 2.37. The number of pyridine rings is 1. The fourth-order valence-corrected chi connectivity index (χ4v) is 5.70. The number of halogens is 1. The van der Waals surface area contributed by atoms with E-state index >= 15 is 4.39 Å². The van der Waals surface area contributed by atoms with E-state index in [9.17, 15) is 4.79 Å². The second-order valence-electron chi connectivity index (χ2n) is 10.3. The first kappa shape index (κ1) is 25.2. The topological polar surface area (TPSA) is 90.1 Å². The number of imidazole rings is 1. The van der Waals surface area contributed by atoms with Crippen molar-refractivity contribution in [3.05, 3.63) is 97.1 Å². The van der Waals surface area contributed by atoms with E-state index in [2.05, 4.69) is 23.1 Å². The number of carbonyl (C=O) groups excluding carboxylic acids is 1. The van der Waals surface area contributed by atoms with Crippen LogP contribution in [0, 0.1) is 5.82 Å². The number of piperidine rings is 1. The Morgan fingerprint density at radius 3 is 2.71 bits per heavy atom. The molecule has 0 spiro atoms. The van der Waals surface area contributed by atoms with E-state index in [1.807, 2.05) is 46.0 Å². The average molecular weight is 550 g/mol. The minimum atomic E-state index is -0.362. The number of nitrogens with zero attached hydrogens (tertiary/aromatic N) is 6. The lowest BCUT2D eigenvalue weighted by Gasteiger charge is -2.33. The lowest BCUT2D eigenvalue weighted by Crippen LogP contribution is -2.45. The van der Waals surface area contributed by atoms with Gasteiger partial charge in [0.2, 0.25) is 5.91 Å². The van der Waals surface area contributed by atoms with Gasteiger partial charge in [-0.25, -0.2) is 19.0 Å². The average Bonchev–Trinajstić information content (AvgIpc) is 3.76. The zero-order valence-corrected chi connectivity index (χ0v) is 22.3. The van der Waals surface area contributed by atoms with Gasteiger partial charge in [-0.05, 0) is 55.3 Å². The molecule has 206 valence electrons. The summed E-state index contributed by atoms with van der Waals surface area (Å²) in [5.41, 5.74) is 3.45. The third-order valence-electron chi connectivity index (χ3n) is 7.80. The molecule has 0 unspecified atom stereocenters. The SMILES string of the molecule is C=CC(=O)N1CCC(N[C@H]2COc3cc(-n4c(-c5ccccc5F)nc5ccc(-n6cccn6)nc54)ccc32)CC1. The molecule has 7 rings (SSSR count). The molecular formula is C31H28FN7O2. The van der Waals surface area contributed by atoms with Crippen LogP contribution in [0.15, 0.2) is 85.7 Å². The highest BCUT2D eigenvalue weighted by Gasteiger charge is 2.30. The smallest absolute Gasteiger partial charge is 0.245 e. The number of hydrogen-bond acceptors (Lipinski definition) is 6. The minimum Gasteiger partial charge on any atom is -0.491 e. The summed E-state index contributed by atoms with van der Waals surface area (Å²) in [4.78, 5) is 23.4. The standard InChI is InChI=1S/C31H28FN7O2/c1-2-29(40)37-16-12-20(13-17-37)34-26-19-41-27-18-21(8-9-23(26)27)39-30(22-6-3-4-7-24(22)32)35-25-10-11-28(36-31(25)39)38-15-5-14-33-38/h2-11,14-15,18,20,26,34H,1,12-13,16-17,19H2/t26-/m0/s1. The second-order valence-corrected chi connectivity index (χ2v) is 10.3. The molecule has 0 bridgehead atoms. The molecule has 1 fully saturated rings. The van der Waals surface area contributed by atoms with E-state index in [0.717, 1.165) is 29.8 Å². The van der Waals surface area contributed by atoms with Gasteiger partial charge >= 0.3 is 0 Å². The van der Waals surface area contributed by atoms with Crippen molar-refractivity contribution in [1.29, 1.82) is 0 Å². The zero-order valence-electron chi connectivity index (χ0n) is 22.3. The maximum Gasteiger partial charge on any atom is 0.245 e. The third-order valence-corrected chi connectivity index (χ3v) is 7.80. The normalized spacial score (nSPS) is 17.0. The van der Waals surface area contributed by atoms with Crippen molar-refractivity contribution in [1.82, 2.24) is 34.5 Å². The lowest BCUT2D eigenvalue weighted by atomic mass is 10.0. The van der Waals surface area contributed by atoms with Gasteiger partial charge in [-0.3, -0.25) is 9.36 Å². The number of hydrogen-bond donors (Lipinski definition) is 1. The van der Waals surface area contributed by atoms with Crippen LogP contribution in [0.2, 0.25) is 0 Å². The summed E-state index contributed by atoms with van der Waals surface area (Å²) < 4.78 is 24.7. The number of fused-ring (bicyclic) bond motifs is 2. The van der Waals surface area contributed by atoms with Crippen LogP contribution < -0.4 is 10.1 Å². The fourth-order valence-electron chi connectivity index (χ4n) is 5.70. The van der Waals surface area contributed by atoms with Gasteiger partial charge in [0.25, 0.3) is 0 Å². The molecule has 0 saturated carbocycles. The molecule has 5 heterocycles. The van der Waals surface area contributed by atoms with Crippen molar-refractivity contribution in [2.45, 2.75) is 24.9 Å². The molecule has 1 N–H and O–H groups in total. The predicted octanol–water partition coefficient (Wildman–Crippen LogP) is 4.61. The van der Waals surface area contributed by atoms with Crippen LogP contribution in [-0.2, 0) is 4.79 Å². The third kappa shape index (κ3) is 4.55. The summed E-state index contributed by atoms with van der Waals surface area (Å²) in [5.74, 6) is 1.48. The van der Waals surface area contributed by atoms with Crippen LogP contribution in [0.3, 0.4) is 0 Å².